The molecule has 17 heavy (non-hydrogen) atoms. The quantitative estimate of drug-likeness (QED) is 0.673. The molecule has 4 heteroatoms. The van der Waals surface area contributed by atoms with E-state index in [1.54, 1.807) is 0 Å². The lowest BCUT2D eigenvalue weighted by molar-refractivity contribution is -0.128. The second-order valence-electron chi connectivity index (χ2n) is 5.80. The van der Waals surface area contributed by atoms with Gasteiger partial charge in [-0.1, -0.05) is 19.3 Å². The van der Waals surface area contributed by atoms with E-state index in [9.17, 15) is 4.79 Å². The fourth-order valence-electron chi connectivity index (χ4n) is 3.00. The van der Waals surface area contributed by atoms with E-state index in [1.165, 1.54) is 6.42 Å². The SMILES string of the molecule is NC1CCC(NC(=O)C2(N)CCCCC2)CC1. The number of carbonyl (C=O) groups is 1. The summed E-state index contributed by atoms with van der Waals surface area (Å²) in [5.74, 6) is 0.0673. The van der Waals surface area contributed by atoms with Gasteiger partial charge in [0.15, 0.2) is 0 Å². The third-order valence-electron chi connectivity index (χ3n) is 4.31. The van der Waals surface area contributed by atoms with Crippen molar-refractivity contribution in [2.45, 2.75) is 75.4 Å². The first-order valence-electron chi connectivity index (χ1n) is 6.95. The molecular formula is C13H25N3O. The van der Waals surface area contributed by atoms with E-state index in [0.717, 1.165) is 51.4 Å². The summed E-state index contributed by atoms with van der Waals surface area (Å²) in [6.07, 6.45) is 9.09. The predicted molar refractivity (Wildman–Crippen MR) is 68.4 cm³/mol. The number of amides is 1. The molecule has 2 rings (SSSR count). The summed E-state index contributed by atoms with van der Waals surface area (Å²) in [6, 6.07) is 0.620. The molecule has 0 spiro atoms. The number of nitrogens with one attached hydrogen (secondary N) is 1. The fourth-order valence-corrected chi connectivity index (χ4v) is 3.00. The summed E-state index contributed by atoms with van der Waals surface area (Å²) >= 11 is 0. The maximum Gasteiger partial charge on any atom is 0.240 e. The Balaban J connectivity index is 1.83. The molecule has 0 radical (unpaired) electrons. The van der Waals surface area contributed by atoms with Crippen molar-refractivity contribution in [1.29, 1.82) is 0 Å². The maximum atomic E-state index is 12.2. The van der Waals surface area contributed by atoms with Crippen LogP contribution in [-0.2, 0) is 4.79 Å². The lowest BCUT2D eigenvalue weighted by Crippen LogP contribution is -2.57. The molecule has 2 aliphatic carbocycles. The van der Waals surface area contributed by atoms with E-state index in [4.69, 9.17) is 11.5 Å². The number of rotatable bonds is 2. The third kappa shape index (κ3) is 3.19. The number of hydrogen-bond donors (Lipinski definition) is 3. The highest BCUT2D eigenvalue weighted by atomic mass is 16.2. The average molecular weight is 239 g/mol. The van der Waals surface area contributed by atoms with Gasteiger partial charge >= 0.3 is 0 Å². The maximum absolute atomic E-state index is 12.2. The van der Waals surface area contributed by atoms with Gasteiger partial charge in [-0.2, -0.15) is 0 Å². The molecule has 2 aliphatic rings. The van der Waals surface area contributed by atoms with Gasteiger partial charge in [0.1, 0.15) is 0 Å². The highest BCUT2D eigenvalue weighted by Crippen LogP contribution is 2.27. The number of carbonyl (C=O) groups excluding carboxylic acids is 1. The van der Waals surface area contributed by atoms with Gasteiger partial charge in [0.05, 0.1) is 5.54 Å². The van der Waals surface area contributed by atoms with Crippen molar-refractivity contribution in [3.8, 4) is 0 Å². The van der Waals surface area contributed by atoms with E-state index in [-0.39, 0.29) is 5.91 Å². The molecule has 4 nitrogen and oxygen atoms in total. The Labute approximate surface area is 103 Å². The van der Waals surface area contributed by atoms with Gasteiger partial charge in [-0.3, -0.25) is 4.79 Å². The average Bonchev–Trinajstić information content (AvgIpc) is 2.33. The Bertz CT molecular complexity index is 266. The summed E-state index contributed by atoms with van der Waals surface area (Å²) in [5, 5.41) is 3.13. The predicted octanol–water partition coefficient (Wildman–Crippen LogP) is 1.03. The van der Waals surface area contributed by atoms with Gasteiger partial charge in [0, 0.05) is 12.1 Å². The van der Waals surface area contributed by atoms with Gasteiger partial charge < -0.3 is 16.8 Å². The van der Waals surface area contributed by atoms with Gasteiger partial charge in [-0.15, -0.1) is 0 Å². The van der Waals surface area contributed by atoms with Gasteiger partial charge in [-0.25, -0.2) is 0 Å². The zero-order valence-corrected chi connectivity index (χ0v) is 10.6. The van der Waals surface area contributed by atoms with Crippen molar-refractivity contribution in [1.82, 2.24) is 5.32 Å². The van der Waals surface area contributed by atoms with Gasteiger partial charge in [0.2, 0.25) is 5.91 Å². The highest BCUT2D eigenvalue weighted by molar-refractivity contribution is 5.86. The van der Waals surface area contributed by atoms with Crippen molar-refractivity contribution >= 4 is 5.91 Å². The molecule has 2 fully saturated rings. The molecule has 0 heterocycles. The Hall–Kier alpha value is -0.610. The summed E-state index contributed by atoms with van der Waals surface area (Å²) in [4.78, 5) is 12.2. The van der Waals surface area contributed by atoms with E-state index in [0.29, 0.717) is 12.1 Å². The Morgan fingerprint density at radius 2 is 1.65 bits per heavy atom. The molecule has 0 saturated heterocycles. The molecule has 0 aromatic rings. The zero-order valence-electron chi connectivity index (χ0n) is 10.6. The fraction of sp³-hybridized carbons (Fsp3) is 0.923. The summed E-state index contributed by atoms with van der Waals surface area (Å²) in [5.41, 5.74) is 11.5. The molecule has 0 aromatic heterocycles. The van der Waals surface area contributed by atoms with Crippen LogP contribution in [0.3, 0.4) is 0 Å². The second-order valence-corrected chi connectivity index (χ2v) is 5.80. The highest BCUT2D eigenvalue weighted by Gasteiger charge is 2.36. The van der Waals surface area contributed by atoms with Crippen LogP contribution >= 0.6 is 0 Å². The van der Waals surface area contributed by atoms with Crippen LogP contribution in [0.5, 0.6) is 0 Å². The van der Waals surface area contributed by atoms with Crippen molar-refractivity contribution in [3.63, 3.8) is 0 Å². The van der Waals surface area contributed by atoms with E-state index >= 15 is 0 Å². The molecule has 5 N–H and O–H groups in total. The van der Waals surface area contributed by atoms with Crippen LogP contribution in [0.25, 0.3) is 0 Å². The van der Waals surface area contributed by atoms with Gasteiger partial charge in [0.25, 0.3) is 0 Å². The molecule has 98 valence electrons. The van der Waals surface area contributed by atoms with E-state index in [1.807, 2.05) is 0 Å². The van der Waals surface area contributed by atoms with E-state index in [2.05, 4.69) is 5.32 Å². The first-order valence-corrected chi connectivity index (χ1v) is 6.95. The molecule has 0 aromatic carbocycles. The molecule has 2 saturated carbocycles. The lowest BCUT2D eigenvalue weighted by Gasteiger charge is -2.35. The number of nitrogens with two attached hydrogens (primary N) is 2. The van der Waals surface area contributed by atoms with Gasteiger partial charge in [-0.05, 0) is 38.5 Å². The van der Waals surface area contributed by atoms with Crippen LogP contribution in [0, 0.1) is 0 Å². The first-order chi connectivity index (χ1) is 8.10. The normalized spacial score (nSPS) is 33.1. The van der Waals surface area contributed by atoms with Crippen LogP contribution in [-0.4, -0.2) is 23.5 Å². The van der Waals surface area contributed by atoms with Crippen LogP contribution in [0.2, 0.25) is 0 Å². The summed E-state index contributed by atoms with van der Waals surface area (Å²) in [6.45, 7) is 0. The Morgan fingerprint density at radius 3 is 2.24 bits per heavy atom. The van der Waals surface area contributed by atoms with Crippen LogP contribution in [0.1, 0.15) is 57.8 Å². The molecule has 0 unspecified atom stereocenters. The minimum Gasteiger partial charge on any atom is -0.352 e. The first kappa shape index (κ1) is 12.8. The minimum absolute atomic E-state index is 0.0673. The minimum atomic E-state index is -0.599. The Morgan fingerprint density at radius 1 is 1.06 bits per heavy atom. The van der Waals surface area contributed by atoms with Crippen molar-refractivity contribution < 1.29 is 4.79 Å². The van der Waals surface area contributed by atoms with Crippen LogP contribution < -0.4 is 16.8 Å². The molecule has 0 atom stereocenters. The van der Waals surface area contributed by atoms with Crippen molar-refractivity contribution in [2.24, 2.45) is 11.5 Å². The van der Waals surface area contributed by atoms with Crippen LogP contribution in [0.4, 0.5) is 0 Å². The van der Waals surface area contributed by atoms with Crippen molar-refractivity contribution in [2.75, 3.05) is 0 Å². The van der Waals surface area contributed by atoms with E-state index < -0.39 is 5.54 Å². The lowest BCUT2D eigenvalue weighted by atomic mass is 9.81. The summed E-state index contributed by atoms with van der Waals surface area (Å²) < 4.78 is 0. The zero-order chi connectivity index (χ0) is 12.3. The Kier molecular flexibility index (Phi) is 4.05. The van der Waals surface area contributed by atoms with Crippen molar-refractivity contribution in [3.05, 3.63) is 0 Å². The second kappa shape index (κ2) is 5.36. The molecule has 0 aliphatic heterocycles. The smallest absolute Gasteiger partial charge is 0.240 e. The largest absolute Gasteiger partial charge is 0.352 e. The standard InChI is InChI=1S/C13H25N3O/c14-10-4-6-11(7-5-10)16-12(17)13(15)8-2-1-3-9-13/h10-11H,1-9,14-15H2,(H,16,17). The monoisotopic (exact) mass is 239 g/mol. The number of hydrogen-bond acceptors (Lipinski definition) is 3. The molecule has 0 bridgehead atoms. The third-order valence-corrected chi connectivity index (χ3v) is 4.31. The topological polar surface area (TPSA) is 81.1 Å². The molecule has 1 amide bonds. The summed E-state index contributed by atoms with van der Waals surface area (Å²) in [7, 11) is 0. The van der Waals surface area contributed by atoms with Crippen LogP contribution in [0.15, 0.2) is 0 Å². The molecular weight excluding hydrogens is 214 g/mol.